The Morgan fingerprint density at radius 3 is 2.58 bits per heavy atom. The number of hydrogen-bond acceptors (Lipinski definition) is 3. The third kappa shape index (κ3) is 6.81. The Hall–Kier alpha value is -0.770. The van der Waals surface area contributed by atoms with E-state index in [4.69, 9.17) is 4.74 Å². The quantitative estimate of drug-likeness (QED) is 0.807. The molecule has 1 aliphatic carbocycles. The van der Waals surface area contributed by atoms with Crippen molar-refractivity contribution in [2.75, 3.05) is 6.54 Å². The first kappa shape index (κ1) is 16.3. The monoisotopic (exact) mass is 270 g/mol. The molecule has 4 nitrogen and oxygen atoms in total. The van der Waals surface area contributed by atoms with Crippen LogP contribution in [-0.2, 0) is 4.74 Å². The van der Waals surface area contributed by atoms with Crippen molar-refractivity contribution in [2.45, 2.75) is 78.0 Å². The molecule has 0 spiro atoms. The summed E-state index contributed by atoms with van der Waals surface area (Å²) in [5.41, 5.74) is -0.429. The smallest absolute Gasteiger partial charge is 0.407 e. The Morgan fingerprint density at radius 1 is 1.37 bits per heavy atom. The van der Waals surface area contributed by atoms with Gasteiger partial charge in [-0.2, -0.15) is 0 Å². The molecule has 0 aromatic heterocycles. The molecule has 0 aromatic carbocycles. The van der Waals surface area contributed by atoms with Gasteiger partial charge in [0.05, 0.1) is 0 Å². The average molecular weight is 270 g/mol. The van der Waals surface area contributed by atoms with E-state index >= 15 is 0 Å². The van der Waals surface area contributed by atoms with Crippen LogP contribution >= 0.6 is 0 Å². The summed E-state index contributed by atoms with van der Waals surface area (Å²) >= 11 is 0. The minimum Gasteiger partial charge on any atom is -0.444 e. The summed E-state index contributed by atoms with van der Waals surface area (Å²) < 4.78 is 5.23. The maximum atomic E-state index is 11.6. The maximum absolute atomic E-state index is 11.6. The highest BCUT2D eigenvalue weighted by Crippen LogP contribution is 2.24. The van der Waals surface area contributed by atoms with E-state index in [-0.39, 0.29) is 12.1 Å². The van der Waals surface area contributed by atoms with Crippen molar-refractivity contribution in [1.29, 1.82) is 0 Å². The molecule has 4 heteroatoms. The van der Waals surface area contributed by atoms with Crippen LogP contribution < -0.4 is 10.6 Å². The molecule has 0 aliphatic heterocycles. The highest BCUT2D eigenvalue weighted by Gasteiger charge is 2.22. The number of ether oxygens (including phenoxy) is 1. The third-order valence-electron chi connectivity index (χ3n) is 3.61. The molecule has 112 valence electrons. The van der Waals surface area contributed by atoms with Crippen molar-refractivity contribution in [3.63, 3.8) is 0 Å². The second kappa shape index (κ2) is 7.13. The molecule has 1 saturated carbocycles. The molecule has 0 bridgehead atoms. The van der Waals surface area contributed by atoms with Gasteiger partial charge in [-0.15, -0.1) is 0 Å². The summed E-state index contributed by atoms with van der Waals surface area (Å²) in [6.45, 7) is 10.9. The van der Waals surface area contributed by atoms with Crippen LogP contribution in [0.1, 0.15) is 60.3 Å². The predicted molar refractivity (Wildman–Crippen MR) is 78.3 cm³/mol. The lowest BCUT2D eigenvalue weighted by molar-refractivity contribution is 0.0506. The van der Waals surface area contributed by atoms with E-state index in [1.54, 1.807) is 0 Å². The molecular formula is C15H30N2O2. The first-order chi connectivity index (χ1) is 8.78. The number of carbonyl (C=O) groups is 1. The van der Waals surface area contributed by atoms with Gasteiger partial charge >= 0.3 is 6.09 Å². The van der Waals surface area contributed by atoms with E-state index in [9.17, 15) is 4.79 Å². The lowest BCUT2D eigenvalue weighted by Gasteiger charge is -2.23. The van der Waals surface area contributed by atoms with E-state index in [0.29, 0.717) is 6.04 Å². The van der Waals surface area contributed by atoms with Gasteiger partial charge in [0.2, 0.25) is 0 Å². The summed E-state index contributed by atoms with van der Waals surface area (Å²) in [6, 6.07) is 0.799. The number of rotatable bonds is 5. The molecule has 1 amide bonds. The first-order valence-corrected chi connectivity index (χ1v) is 7.51. The molecule has 0 heterocycles. The summed E-state index contributed by atoms with van der Waals surface area (Å²) in [7, 11) is 0. The van der Waals surface area contributed by atoms with E-state index in [1.165, 1.54) is 19.3 Å². The van der Waals surface area contributed by atoms with Gasteiger partial charge in [-0.3, -0.25) is 0 Å². The van der Waals surface area contributed by atoms with Gasteiger partial charge in [-0.05, 0) is 59.4 Å². The third-order valence-corrected chi connectivity index (χ3v) is 3.61. The molecule has 3 unspecified atom stereocenters. The van der Waals surface area contributed by atoms with E-state index < -0.39 is 5.60 Å². The minimum atomic E-state index is -0.429. The number of alkyl carbamates (subject to hydrolysis) is 1. The zero-order valence-electron chi connectivity index (χ0n) is 13.1. The van der Waals surface area contributed by atoms with Gasteiger partial charge < -0.3 is 15.4 Å². The van der Waals surface area contributed by atoms with Crippen LogP contribution in [-0.4, -0.2) is 30.3 Å². The molecule has 0 saturated heterocycles. The van der Waals surface area contributed by atoms with Gasteiger partial charge in [-0.1, -0.05) is 13.3 Å². The number of amides is 1. The SMILES string of the molecule is CC(CCNC1CCCC1C)NC(=O)OC(C)(C)C. The fourth-order valence-corrected chi connectivity index (χ4v) is 2.51. The molecule has 0 radical (unpaired) electrons. The summed E-state index contributed by atoms with van der Waals surface area (Å²) in [5.74, 6) is 0.786. The van der Waals surface area contributed by atoms with Crippen LogP contribution in [0.3, 0.4) is 0 Å². The Balaban J connectivity index is 2.14. The lowest BCUT2D eigenvalue weighted by Crippen LogP contribution is -2.40. The zero-order valence-corrected chi connectivity index (χ0v) is 13.1. The first-order valence-electron chi connectivity index (χ1n) is 7.51. The second-order valence-corrected chi connectivity index (χ2v) is 6.80. The van der Waals surface area contributed by atoms with Crippen molar-refractivity contribution < 1.29 is 9.53 Å². The zero-order chi connectivity index (χ0) is 14.5. The van der Waals surface area contributed by atoms with Crippen LogP contribution in [0.25, 0.3) is 0 Å². The van der Waals surface area contributed by atoms with Crippen LogP contribution in [0.5, 0.6) is 0 Å². The van der Waals surface area contributed by atoms with Crippen LogP contribution in [0.2, 0.25) is 0 Å². The Bertz CT molecular complexity index is 286. The molecule has 2 N–H and O–H groups in total. The highest BCUT2D eigenvalue weighted by atomic mass is 16.6. The largest absolute Gasteiger partial charge is 0.444 e. The van der Waals surface area contributed by atoms with Crippen molar-refractivity contribution in [3.05, 3.63) is 0 Å². The summed E-state index contributed by atoms with van der Waals surface area (Å²) in [5, 5.41) is 6.46. The molecule has 3 atom stereocenters. The standard InChI is InChI=1S/C15H30N2O2/c1-11-7-6-8-13(11)16-10-9-12(2)17-14(18)19-15(3,4)5/h11-13,16H,6-10H2,1-5H3,(H,17,18). The molecule has 19 heavy (non-hydrogen) atoms. The van der Waals surface area contributed by atoms with Gasteiger partial charge in [-0.25, -0.2) is 4.79 Å². The molecule has 1 fully saturated rings. The van der Waals surface area contributed by atoms with Crippen molar-refractivity contribution in [3.8, 4) is 0 Å². The normalized spacial score (nSPS) is 25.1. The fraction of sp³-hybridized carbons (Fsp3) is 0.933. The van der Waals surface area contributed by atoms with Crippen molar-refractivity contribution in [2.24, 2.45) is 5.92 Å². The Morgan fingerprint density at radius 2 is 2.05 bits per heavy atom. The Labute approximate surface area is 117 Å². The topological polar surface area (TPSA) is 50.4 Å². The fourth-order valence-electron chi connectivity index (χ4n) is 2.51. The van der Waals surface area contributed by atoms with E-state index in [2.05, 4.69) is 17.6 Å². The number of carbonyl (C=O) groups excluding carboxylic acids is 1. The van der Waals surface area contributed by atoms with Gasteiger partial charge in [0.25, 0.3) is 0 Å². The summed E-state index contributed by atoms with van der Waals surface area (Å²) in [6.07, 6.45) is 4.57. The summed E-state index contributed by atoms with van der Waals surface area (Å²) in [4.78, 5) is 11.6. The van der Waals surface area contributed by atoms with Gasteiger partial charge in [0.1, 0.15) is 5.60 Å². The van der Waals surface area contributed by atoms with Gasteiger partial charge in [0, 0.05) is 12.1 Å². The van der Waals surface area contributed by atoms with E-state index in [0.717, 1.165) is 18.9 Å². The van der Waals surface area contributed by atoms with Crippen molar-refractivity contribution >= 4 is 6.09 Å². The number of nitrogens with one attached hydrogen (secondary N) is 2. The van der Waals surface area contributed by atoms with Gasteiger partial charge in [0.15, 0.2) is 0 Å². The van der Waals surface area contributed by atoms with Crippen LogP contribution in [0.15, 0.2) is 0 Å². The number of hydrogen-bond donors (Lipinski definition) is 2. The maximum Gasteiger partial charge on any atom is 0.407 e. The lowest BCUT2D eigenvalue weighted by atomic mass is 10.1. The predicted octanol–water partition coefficient (Wildman–Crippen LogP) is 3.07. The Kier molecular flexibility index (Phi) is 6.11. The van der Waals surface area contributed by atoms with Crippen molar-refractivity contribution in [1.82, 2.24) is 10.6 Å². The van der Waals surface area contributed by atoms with Crippen LogP contribution in [0.4, 0.5) is 4.79 Å². The van der Waals surface area contributed by atoms with E-state index in [1.807, 2.05) is 27.7 Å². The molecule has 1 aliphatic rings. The van der Waals surface area contributed by atoms with Crippen LogP contribution in [0, 0.1) is 5.92 Å². The molecule has 1 rings (SSSR count). The molecular weight excluding hydrogens is 240 g/mol. The molecule has 0 aromatic rings. The highest BCUT2D eigenvalue weighted by molar-refractivity contribution is 5.67. The average Bonchev–Trinajstić information content (AvgIpc) is 2.61. The second-order valence-electron chi connectivity index (χ2n) is 6.80. The minimum absolute atomic E-state index is 0.138.